The number of nitrogens with zero attached hydrogens (tertiary/aromatic N) is 1. The van der Waals surface area contributed by atoms with Gasteiger partial charge in [0.05, 0.1) is 6.61 Å². The number of hydrogen-bond donors (Lipinski definition) is 2. The molecule has 6 nitrogen and oxygen atoms in total. The van der Waals surface area contributed by atoms with Crippen molar-refractivity contribution in [1.29, 1.82) is 0 Å². The van der Waals surface area contributed by atoms with Crippen LogP contribution in [0.4, 0.5) is 0 Å². The number of benzene rings is 1. The standard InChI is InChI=1S/C17H29N3O3S/c1-4-23-16-11-9-14(10-12-16)17(20(2)3)13-18-24(21,22)19-15-7-5-6-8-15/h9-12,15,17-19H,4-8,13H2,1-3H3. The van der Waals surface area contributed by atoms with Gasteiger partial charge in [0.25, 0.3) is 10.2 Å². The van der Waals surface area contributed by atoms with E-state index in [4.69, 9.17) is 4.74 Å². The molecule has 0 spiro atoms. The van der Waals surface area contributed by atoms with Gasteiger partial charge in [0.15, 0.2) is 0 Å². The average Bonchev–Trinajstić information content (AvgIpc) is 3.01. The van der Waals surface area contributed by atoms with E-state index in [1.54, 1.807) is 0 Å². The average molecular weight is 356 g/mol. The predicted molar refractivity (Wildman–Crippen MR) is 96.4 cm³/mol. The summed E-state index contributed by atoms with van der Waals surface area (Å²) in [6.45, 7) is 2.90. The zero-order valence-corrected chi connectivity index (χ0v) is 15.6. The van der Waals surface area contributed by atoms with Gasteiger partial charge in [0.1, 0.15) is 5.75 Å². The van der Waals surface area contributed by atoms with E-state index in [-0.39, 0.29) is 12.1 Å². The molecule has 0 bridgehead atoms. The largest absolute Gasteiger partial charge is 0.494 e. The van der Waals surface area contributed by atoms with E-state index in [1.807, 2.05) is 50.2 Å². The molecule has 7 heteroatoms. The molecule has 1 aliphatic rings. The molecule has 1 aromatic carbocycles. The summed E-state index contributed by atoms with van der Waals surface area (Å²) in [5.41, 5.74) is 1.05. The maximum atomic E-state index is 12.2. The lowest BCUT2D eigenvalue weighted by molar-refractivity contribution is 0.298. The summed E-state index contributed by atoms with van der Waals surface area (Å²) >= 11 is 0. The molecule has 2 rings (SSSR count). The van der Waals surface area contributed by atoms with Crippen molar-refractivity contribution in [2.75, 3.05) is 27.2 Å². The highest BCUT2D eigenvalue weighted by Crippen LogP contribution is 2.21. The molecule has 1 fully saturated rings. The highest BCUT2D eigenvalue weighted by Gasteiger charge is 2.23. The van der Waals surface area contributed by atoms with Gasteiger partial charge in [-0.2, -0.15) is 13.1 Å². The van der Waals surface area contributed by atoms with Crippen molar-refractivity contribution in [3.63, 3.8) is 0 Å². The van der Waals surface area contributed by atoms with E-state index in [0.717, 1.165) is 37.0 Å². The highest BCUT2D eigenvalue weighted by atomic mass is 32.2. The fourth-order valence-corrected chi connectivity index (χ4v) is 4.18. The van der Waals surface area contributed by atoms with Crippen molar-refractivity contribution in [3.05, 3.63) is 29.8 Å². The van der Waals surface area contributed by atoms with Crippen LogP contribution in [-0.4, -0.2) is 46.6 Å². The Morgan fingerprint density at radius 2 is 1.83 bits per heavy atom. The Kier molecular flexibility index (Phi) is 7.03. The van der Waals surface area contributed by atoms with Crippen molar-refractivity contribution in [3.8, 4) is 5.75 Å². The fraction of sp³-hybridized carbons (Fsp3) is 0.647. The maximum Gasteiger partial charge on any atom is 0.277 e. The van der Waals surface area contributed by atoms with Crippen LogP contribution in [0.25, 0.3) is 0 Å². The smallest absolute Gasteiger partial charge is 0.277 e. The number of likely N-dealkylation sites (N-methyl/N-ethyl adjacent to an activating group) is 1. The minimum Gasteiger partial charge on any atom is -0.494 e. The summed E-state index contributed by atoms with van der Waals surface area (Å²) in [4.78, 5) is 2.01. The Bertz CT molecular complexity index is 596. The van der Waals surface area contributed by atoms with Crippen molar-refractivity contribution in [2.45, 2.75) is 44.7 Å². The van der Waals surface area contributed by atoms with Crippen LogP contribution >= 0.6 is 0 Å². The molecule has 2 N–H and O–H groups in total. The summed E-state index contributed by atoms with van der Waals surface area (Å²) in [5.74, 6) is 0.822. The lowest BCUT2D eigenvalue weighted by Crippen LogP contribution is -2.44. The molecule has 1 unspecified atom stereocenters. The van der Waals surface area contributed by atoms with Gasteiger partial charge in [-0.3, -0.25) is 0 Å². The van der Waals surface area contributed by atoms with Crippen LogP contribution in [0.3, 0.4) is 0 Å². The first-order chi connectivity index (χ1) is 11.4. The maximum absolute atomic E-state index is 12.2. The molecular weight excluding hydrogens is 326 g/mol. The fourth-order valence-electron chi connectivity index (χ4n) is 3.04. The third-order valence-electron chi connectivity index (χ3n) is 4.34. The topological polar surface area (TPSA) is 70.7 Å². The van der Waals surface area contributed by atoms with Crippen molar-refractivity contribution in [1.82, 2.24) is 14.3 Å². The Balaban J connectivity index is 1.97. The Morgan fingerprint density at radius 1 is 1.21 bits per heavy atom. The van der Waals surface area contributed by atoms with Gasteiger partial charge in [-0.1, -0.05) is 25.0 Å². The van der Waals surface area contributed by atoms with Crippen LogP contribution in [0.15, 0.2) is 24.3 Å². The second-order valence-corrected chi connectivity index (χ2v) is 7.96. The van der Waals surface area contributed by atoms with E-state index < -0.39 is 10.2 Å². The van der Waals surface area contributed by atoms with Crippen LogP contribution in [0.2, 0.25) is 0 Å². The highest BCUT2D eigenvalue weighted by molar-refractivity contribution is 7.87. The minimum absolute atomic E-state index is 0.0409. The monoisotopic (exact) mass is 355 g/mol. The SMILES string of the molecule is CCOc1ccc(C(CNS(=O)(=O)NC2CCCC2)N(C)C)cc1. The number of nitrogens with one attached hydrogen (secondary N) is 2. The van der Waals surface area contributed by atoms with Crippen LogP contribution in [0.1, 0.15) is 44.2 Å². The molecule has 1 aliphatic carbocycles. The Hall–Kier alpha value is -1.15. The van der Waals surface area contributed by atoms with E-state index in [0.29, 0.717) is 13.2 Å². The zero-order valence-electron chi connectivity index (χ0n) is 14.8. The lowest BCUT2D eigenvalue weighted by Gasteiger charge is -2.25. The predicted octanol–water partition coefficient (Wildman–Crippen LogP) is 2.05. The lowest BCUT2D eigenvalue weighted by atomic mass is 10.1. The quantitative estimate of drug-likeness (QED) is 0.711. The molecule has 1 saturated carbocycles. The normalized spacial score (nSPS) is 17.3. The molecule has 0 aromatic heterocycles. The molecule has 0 radical (unpaired) electrons. The van der Waals surface area contributed by atoms with Gasteiger partial charge in [0.2, 0.25) is 0 Å². The van der Waals surface area contributed by atoms with Gasteiger partial charge >= 0.3 is 0 Å². The van der Waals surface area contributed by atoms with E-state index in [9.17, 15) is 8.42 Å². The number of hydrogen-bond acceptors (Lipinski definition) is 4. The Morgan fingerprint density at radius 3 is 2.38 bits per heavy atom. The molecule has 0 amide bonds. The van der Waals surface area contributed by atoms with E-state index in [2.05, 4.69) is 9.44 Å². The van der Waals surface area contributed by atoms with Crippen LogP contribution in [0, 0.1) is 0 Å². The van der Waals surface area contributed by atoms with Gasteiger partial charge in [-0.25, -0.2) is 4.72 Å². The zero-order chi connectivity index (χ0) is 17.6. The minimum atomic E-state index is -3.47. The van der Waals surface area contributed by atoms with Crippen molar-refractivity contribution < 1.29 is 13.2 Å². The van der Waals surface area contributed by atoms with Gasteiger partial charge < -0.3 is 9.64 Å². The summed E-state index contributed by atoms with van der Waals surface area (Å²) < 4.78 is 35.3. The van der Waals surface area contributed by atoms with Crippen molar-refractivity contribution >= 4 is 10.2 Å². The first-order valence-electron chi connectivity index (χ1n) is 8.57. The summed E-state index contributed by atoms with van der Waals surface area (Å²) in [6.07, 6.45) is 4.05. The summed E-state index contributed by atoms with van der Waals surface area (Å²) in [7, 11) is 0.419. The summed E-state index contributed by atoms with van der Waals surface area (Å²) in [5, 5.41) is 0. The first-order valence-corrected chi connectivity index (χ1v) is 10.1. The molecule has 0 saturated heterocycles. The van der Waals surface area contributed by atoms with Gasteiger partial charge in [-0.15, -0.1) is 0 Å². The van der Waals surface area contributed by atoms with Crippen LogP contribution in [0.5, 0.6) is 5.75 Å². The molecule has 24 heavy (non-hydrogen) atoms. The number of ether oxygens (including phenoxy) is 1. The first kappa shape index (κ1) is 19.2. The Labute approximate surface area is 145 Å². The molecule has 136 valence electrons. The molecular formula is C17H29N3O3S. The molecule has 0 aliphatic heterocycles. The number of rotatable bonds is 9. The molecule has 1 atom stereocenters. The van der Waals surface area contributed by atoms with Gasteiger partial charge in [0, 0.05) is 18.6 Å². The second kappa shape index (κ2) is 8.80. The van der Waals surface area contributed by atoms with Crippen LogP contribution in [-0.2, 0) is 10.2 Å². The van der Waals surface area contributed by atoms with Crippen LogP contribution < -0.4 is 14.2 Å². The van der Waals surface area contributed by atoms with E-state index >= 15 is 0 Å². The molecule has 0 heterocycles. The van der Waals surface area contributed by atoms with Gasteiger partial charge in [-0.05, 0) is 51.6 Å². The van der Waals surface area contributed by atoms with Crippen molar-refractivity contribution in [2.24, 2.45) is 0 Å². The third kappa shape index (κ3) is 5.73. The summed E-state index contributed by atoms with van der Waals surface area (Å²) in [6, 6.07) is 7.83. The second-order valence-electron chi connectivity index (χ2n) is 6.43. The molecule has 1 aromatic rings. The third-order valence-corrected chi connectivity index (χ3v) is 5.53. The van der Waals surface area contributed by atoms with E-state index in [1.165, 1.54) is 0 Å².